The van der Waals surface area contributed by atoms with Gasteiger partial charge in [0.05, 0.1) is 5.69 Å². The molecule has 4 rings (SSSR count). The summed E-state index contributed by atoms with van der Waals surface area (Å²) in [6, 6.07) is 8.85. The predicted octanol–water partition coefficient (Wildman–Crippen LogP) is 4.74. The molecule has 3 heterocycles. The van der Waals surface area contributed by atoms with Gasteiger partial charge in [-0.2, -0.15) is 0 Å². The number of aromatic nitrogens is 1. The minimum absolute atomic E-state index is 0. The molecule has 2 aliphatic rings. The molecule has 7 heteroatoms. The lowest BCUT2D eigenvalue weighted by Gasteiger charge is -2.28. The Labute approximate surface area is 162 Å². The normalized spacial score (nSPS) is 24.6. The van der Waals surface area contributed by atoms with Crippen LogP contribution in [0.15, 0.2) is 29.6 Å². The van der Waals surface area contributed by atoms with E-state index in [1.807, 2.05) is 29.6 Å². The number of hydrogen-bond acceptors (Lipinski definition) is 4. The summed E-state index contributed by atoms with van der Waals surface area (Å²) in [6.45, 7) is 0. The van der Waals surface area contributed by atoms with Crippen LogP contribution in [0.4, 0.5) is 5.13 Å². The summed E-state index contributed by atoms with van der Waals surface area (Å²) in [5, 5.41) is 9.82. The highest BCUT2D eigenvalue weighted by Gasteiger charge is 2.34. The average Bonchev–Trinajstić information content (AvgIpc) is 3.14. The molecule has 1 aromatic heterocycles. The zero-order chi connectivity index (χ0) is 16.5. The third kappa shape index (κ3) is 4.34. The van der Waals surface area contributed by atoms with Gasteiger partial charge in [-0.3, -0.25) is 4.79 Å². The SMILES string of the molecule is Cl.O=C(CC1CC2CCC(C1)N2)Nc1nc(-c2ccccc2Cl)cs1. The molecule has 0 saturated carbocycles. The second-order valence-electron chi connectivity index (χ2n) is 6.75. The molecule has 0 spiro atoms. The number of carbonyl (C=O) groups excluding carboxylic acids is 1. The van der Waals surface area contributed by atoms with Crippen molar-refractivity contribution in [3.05, 3.63) is 34.7 Å². The molecule has 2 atom stereocenters. The van der Waals surface area contributed by atoms with Gasteiger partial charge in [0.15, 0.2) is 5.13 Å². The maximum Gasteiger partial charge on any atom is 0.226 e. The largest absolute Gasteiger partial charge is 0.311 e. The molecule has 0 radical (unpaired) electrons. The zero-order valence-electron chi connectivity index (χ0n) is 13.7. The van der Waals surface area contributed by atoms with Crippen LogP contribution in [0.25, 0.3) is 11.3 Å². The molecule has 2 aromatic rings. The second-order valence-corrected chi connectivity index (χ2v) is 8.01. The summed E-state index contributed by atoms with van der Waals surface area (Å²) in [4.78, 5) is 16.8. The van der Waals surface area contributed by atoms with E-state index in [0.717, 1.165) is 24.1 Å². The third-order valence-electron chi connectivity index (χ3n) is 4.95. The predicted molar refractivity (Wildman–Crippen MR) is 106 cm³/mol. The fraction of sp³-hybridized carbons (Fsp3) is 0.444. The maximum absolute atomic E-state index is 12.3. The number of anilines is 1. The summed E-state index contributed by atoms with van der Waals surface area (Å²) in [5.41, 5.74) is 1.70. The van der Waals surface area contributed by atoms with Gasteiger partial charge in [-0.15, -0.1) is 23.7 Å². The van der Waals surface area contributed by atoms with Crippen molar-refractivity contribution < 1.29 is 4.79 Å². The lowest BCUT2D eigenvalue weighted by atomic mass is 9.89. The highest BCUT2D eigenvalue weighted by Crippen LogP contribution is 2.33. The Bertz CT molecular complexity index is 739. The number of halogens is 2. The van der Waals surface area contributed by atoms with Crippen molar-refractivity contribution in [3.63, 3.8) is 0 Å². The van der Waals surface area contributed by atoms with Gasteiger partial charge >= 0.3 is 0 Å². The topological polar surface area (TPSA) is 54.0 Å². The monoisotopic (exact) mass is 397 g/mol. The third-order valence-corrected chi connectivity index (χ3v) is 6.03. The Balaban J connectivity index is 0.00000182. The van der Waals surface area contributed by atoms with Crippen LogP contribution in [-0.2, 0) is 4.79 Å². The summed E-state index contributed by atoms with van der Waals surface area (Å²) in [7, 11) is 0. The first-order valence-electron chi connectivity index (χ1n) is 8.43. The van der Waals surface area contributed by atoms with E-state index in [9.17, 15) is 4.79 Å². The number of fused-ring (bicyclic) bond motifs is 2. The molecule has 2 saturated heterocycles. The van der Waals surface area contributed by atoms with Crippen LogP contribution in [-0.4, -0.2) is 23.0 Å². The van der Waals surface area contributed by atoms with Crippen molar-refractivity contribution in [2.45, 2.75) is 44.2 Å². The minimum atomic E-state index is 0. The van der Waals surface area contributed by atoms with E-state index in [-0.39, 0.29) is 18.3 Å². The van der Waals surface area contributed by atoms with E-state index in [4.69, 9.17) is 11.6 Å². The number of hydrogen-bond donors (Lipinski definition) is 2. The summed E-state index contributed by atoms with van der Waals surface area (Å²) in [5.74, 6) is 0.563. The number of amides is 1. The number of thiazole rings is 1. The Morgan fingerprint density at radius 3 is 2.72 bits per heavy atom. The smallest absolute Gasteiger partial charge is 0.226 e. The van der Waals surface area contributed by atoms with Crippen molar-refractivity contribution in [2.75, 3.05) is 5.32 Å². The van der Waals surface area contributed by atoms with Gasteiger partial charge in [-0.05, 0) is 37.7 Å². The summed E-state index contributed by atoms with van der Waals surface area (Å²) < 4.78 is 0. The number of benzene rings is 1. The molecule has 2 fully saturated rings. The van der Waals surface area contributed by atoms with E-state index in [0.29, 0.717) is 34.6 Å². The van der Waals surface area contributed by atoms with Gasteiger partial charge in [0.2, 0.25) is 5.91 Å². The van der Waals surface area contributed by atoms with Gasteiger partial charge in [0.25, 0.3) is 0 Å². The maximum atomic E-state index is 12.3. The Morgan fingerprint density at radius 1 is 1.28 bits per heavy atom. The van der Waals surface area contributed by atoms with Crippen molar-refractivity contribution >= 4 is 46.4 Å². The number of nitrogens with zero attached hydrogens (tertiary/aromatic N) is 1. The number of piperidine rings is 1. The Kier molecular flexibility index (Phi) is 6.00. The highest BCUT2D eigenvalue weighted by atomic mass is 35.5. The highest BCUT2D eigenvalue weighted by molar-refractivity contribution is 7.14. The van der Waals surface area contributed by atoms with Gasteiger partial charge in [0, 0.05) is 34.5 Å². The van der Waals surface area contributed by atoms with Crippen LogP contribution in [0.2, 0.25) is 5.02 Å². The average molecular weight is 398 g/mol. The minimum Gasteiger partial charge on any atom is -0.311 e. The lowest BCUT2D eigenvalue weighted by Crippen LogP contribution is -2.39. The van der Waals surface area contributed by atoms with Crippen molar-refractivity contribution in [3.8, 4) is 11.3 Å². The molecule has 1 aromatic carbocycles. The molecule has 4 nitrogen and oxygen atoms in total. The van der Waals surface area contributed by atoms with E-state index in [1.54, 1.807) is 0 Å². The van der Waals surface area contributed by atoms with E-state index >= 15 is 0 Å². The van der Waals surface area contributed by atoms with Gasteiger partial charge < -0.3 is 10.6 Å². The molecular weight excluding hydrogens is 377 g/mol. The summed E-state index contributed by atoms with van der Waals surface area (Å²) >= 11 is 7.65. The van der Waals surface area contributed by atoms with Crippen LogP contribution >= 0.6 is 35.3 Å². The zero-order valence-corrected chi connectivity index (χ0v) is 16.1. The molecular formula is C18H21Cl2N3OS. The van der Waals surface area contributed by atoms with Gasteiger partial charge in [0.1, 0.15) is 0 Å². The van der Waals surface area contributed by atoms with Crippen molar-refractivity contribution in [1.29, 1.82) is 0 Å². The molecule has 2 bridgehead atoms. The fourth-order valence-electron chi connectivity index (χ4n) is 3.90. The first-order valence-corrected chi connectivity index (χ1v) is 9.69. The molecule has 2 N–H and O–H groups in total. The number of nitrogens with one attached hydrogen (secondary N) is 2. The second kappa shape index (κ2) is 8.04. The van der Waals surface area contributed by atoms with Crippen LogP contribution in [0, 0.1) is 5.92 Å². The van der Waals surface area contributed by atoms with Crippen LogP contribution in [0.5, 0.6) is 0 Å². The molecule has 134 valence electrons. The molecule has 0 aliphatic carbocycles. The first-order chi connectivity index (χ1) is 11.7. The van der Waals surface area contributed by atoms with Crippen molar-refractivity contribution in [1.82, 2.24) is 10.3 Å². The number of rotatable bonds is 4. The van der Waals surface area contributed by atoms with Gasteiger partial charge in [-0.25, -0.2) is 4.98 Å². The van der Waals surface area contributed by atoms with Crippen molar-refractivity contribution in [2.24, 2.45) is 5.92 Å². The van der Waals surface area contributed by atoms with E-state index in [1.165, 1.54) is 24.2 Å². The summed E-state index contributed by atoms with van der Waals surface area (Å²) in [6.07, 6.45) is 5.35. The standard InChI is InChI=1S/C18H20ClN3OS.ClH/c19-15-4-2-1-3-14(15)16-10-24-18(21-16)22-17(23)9-11-7-12-5-6-13(8-11)20-12;/h1-4,10-13,20H,5-9H2,(H,21,22,23);1H. The number of carbonyl (C=O) groups is 1. The van der Waals surface area contributed by atoms with E-state index in [2.05, 4.69) is 15.6 Å². The fourth-order valence-corrected chi connectivity index (χ4v) is 4.86. The van der Waals surface area contributed by atoms with E-state index < -0.39 is 0 Å². The quantitative estimate of drug-likeness (QED) is 0.782. The van der Waals surface area contributed by atoms with Crippen LogP contribution < -0.4 is 10.6 Å². The first kappa shape index (κ1) is 18.6. The molecule has 25 heavy (non-hydrogen) atoms. The molecule has 2 aliphatic heterocycles. The Hall–Kier alpha value is -1.14. The Morgan fingerprint density at radius 2 is 2.00 bits per heavy atom. The molecule has 1 amide bonds. The van der Waals surface area contributed by atoms with Gasteiger partial charge in [-0.1, -0.05) is 29.8 Å². The lowest BCUT2D eigenvalue weighted by molar-refractivity contribution is -0.117. The van der Waals surface area contributed by atoms with Crippen LogP contribution in [0.1, 0.15) is 32.1 Å². The van der Waals surface area contributed by atoms with Crippen LogP contribution in [0.3, 0.4) is 0 Å². The molecule has 2 unspecified atom stereocenters.